The van der Waals surface area contributed by atoms with Crippen molar-refractivity contribution in [2.75, 3.05) is 19.5 Å². The molecule has 11 heteroatoms. The molecule has 0 aliphatic carbocycles. The van der Waals surface area contributed by atoms with Crippen LogP contribution in [0.25, 0.3) is 5.65 Å². The number of halogens is 4. The van der Waals surface area contributed by atoms with Gasteiger partial charge in [0.15, 0.2) is 11.5 Å². The van der Waals surface area contributed by atoms with Crippen LogP contribution in [0.5, 0.6) is 11.5 Å². The van der Waals surface area contributed by atoms with E-state index in [1.807, 2.05) is 0 Å². The molecule has 0 radical (unpaired) electrons. The summed E-state index contributed by atoms with van der Waals surface area (Å²) in [6.45, 7) is 3.40. The zero-order valence-corrected chi connectivity index (χ0v) is 16.4. The van der Waals surface area contributed by atoms with Gasteiger partial charge in [-0.1, -0.05) is 0 Å². The van der Waals surface area contributed by atoms with E-state index in [4.69, 9.17) is 9.47 Å². The topological polar surface area (TPSA) is 73.6 Å². The lowest BCUT2D eigenvalue weighted by Crippen LogP contribution is -2.14. The van der Waals surface area contributed by atoms with Crippen LogP contribution in [-0.2, 0) is 6.18 Å². The van der Waals surface area contributed by atoms with E-state index in [2.05, 4.69) is 36.5 Å². The second-order valence-electron chi connectivity index (χ2n) is 5.68. The van der Waals surface area contributed by atoms with Gasteiger partial charge in [-0.05, 0) is 29.8 Å². The van der Waals surface area contributed by atoms with Crippen molar-refractivity contribution in [3.05, 3.63) is 33.6 Å². The molecule has 2 aromatic heterocycles. The summed E-state index contributed by atoms with van der Waals surface area (Å²) in [4.78, 5) is 0. The summed E-state index contributed by atoms with van der Waals surface area (Å²) in [5.74, 6) is 0.0338. The van der Waals surface area contributed by atoms with Gasteiger partial charge in [-0.2, -0.15) is 17.7 Å². The van der Waals surface area contributed by atoms with E-state index in [1.165, 1.54) is 14.2 Å². The van der Waals surface area contributed by atoms with Crippen molar-refractivity contribution < 1.29 is 22.6 Å². The molecule has 3 rings (SSSR count). The van der Waals surface area contributed by atoms with Crippen molar-refractivity contribution in [3.63, 3.8) is 0 Å². The Labute approximate surface area is 160 Å². The molecule has 2 heterocycles. The zero-order valence-electron chi connectivity index (χ0n) is 14.8. The summed E-state index contributed by atoms with van der Waals surface area (Å²) in [5, 5.41) is 13.9. The third-order valence-corrected chi connectivity index (χ3v) is 4.84. The standard InChI is InChI=1S/C16H15BrF3N5O2/c1-7-8(2)14-22-23-15(16(18,19)20)25(14)24-13(7)21-9-5-10(26-3)12(17)11(6-9)27-4/h5-6H,1-4H3,(H,21,24). The van der Waals surface area contributed by atoms with Gasteiger partial charge in [0.2, 0.25) is 0 Å². The summed E-state index contributed by atoms with van der Waals surface area (Å²) in [7, 11) is 2.99. The van der Waals surface area contributed by atoms with Crippen molar-refractivity contribution in [3.8, 4) is 11.5 Å². The van der Waals surface area contributed by atoms with Gasteiger partial charge in [-0.25, -0.2) is 0 Å². The van der Waals surface area contributed by atoms with Gasteiger partial charge in [-0.15, -0.1) is 15.3 Å². The average molecular weight is 446 g/mol. The first kappa shape index (κ1) is 19.2. The fraction of sp³-hybridized carbons (Fsp3) is 0.312. The Morgan fingerprint density at radius 1 is 1.04 bits per heavy atom. The van der Waals surface area contributed by atoms with Crippen LogP contribution in [-0.4, -0.2) is 34.0 Å². The van der Waals surface area contributed by atoms with Gasteiger partial charge >= 0.3 is 6.18 Å². The largest absolute Gasteiger partial charge is 0.495 e. The number of nitrogens with one attached hydrogen (secondary N) is 1. The Bertz CT molecular complexity index is 994. The number of anilines is 2. The second-order valence-corrected chi connectivity index (χ2v) is 6.47. The molecule has 1 N–H and O–H groups in total. The first-order valence-corrected chi connectivity index (χ1v) is 8.45. The number of rotatable bonds is 4. The predicted octanol–water partition coefficient (Wildman–Crippen LogP) is 4.28. The first-order valence-electron chi connectivity index (χ1n) is 7.65. The zero-order chi connectivity index (χ0) is 19.9. The molecule has 0 aliphatic heterocycles. The fourth-order valence-corrected chi connectivity index (χ4v) is 3.06. The Balaban J connectivity index is 2.14. The second kappa shape index (κ2) is 6.87. The molecule has 0 spiro atoms. The highest BCUT2D eigenvalue weighted by molar-refractivity contribution is 9.10. The normalized spacial score (nSPS) is 11.7. The van der Waals surface area contributed by atoms with E-state index in [0.717, 1.165) is 0 Å². The van der Waals surface area contributed by atoms with Gasteiger partial charge in [0.05, 0.1) is 14.2 Å². The van der Waals surface area contributed by atoms with Gasteiger partial charge in [0.25, 0.3) is 5.82 Å². The van der Waals surface area contributed by atoms with Crippen LogP contribution < -0.4 is 14.8 Å². The highest BCUT2D eigenvalue weighted by atomic mass is 79.9. The number of aromatic nitrogens is 4. The molecule has 0 fully saturated rings. The Kier molecular flexibility index (Phi) is 4.89. The minimum Gasteiger partial charge on any atom is -0.495 e. The molecule has 3 aromatic rings. The summed E-state index contributed by atoms with van der Waals surface area (Å²) < 4.78 is 51.4. The molecule has 27 heavy (non-hydrogen) atoms. The van der Waals surface area contributed by atoms with Gasteiger partial charge in [0.1, 0.15) is 16.0 Å². The van der Waals surface area contributed by atoms with Crippen LogP contribution >= 0.6 is 15.9 Å². The van der Waals surface area contributed by atoms with E-state index in [9.17, 15) is 13.2 Å². The Morgan fingerprint density at radius 2 is 1.63 bits per heavy atom. The number of aryl methyl sites for hydroxylation is 1. The number of benzene rings is 1. The molecule has 0 bridgehead atoms. The predicted molar refractivity (Wildman–Crippen MR) is 95.8 cm³/mol. The molecule has 144 valence electrons. The number of fused-ring (bicyclic) bond motifs is 1. The van der Waals surface area contributed by atoms with E-state index in [1.54, 1.807) is 26.0 Å². The number of hydrogen-bond acceptors (Lipinski definition) is 6. The molecule has 0 amide bonds. The van der Waals surface area contributed by atoms with E-state index < -0.39 is 12.0 Å². The quantitative estimate of drug-likeness (QED) is 0.645. The Hall–Kier alpha value is -2.56. The summed E-state index contributed by atoms with van der Waals surface area (Å²) in [6, 6.07) is 3.34. The maximum absolute atomic E-state index is 13.2. The van der Waals surface area contributed by atoms with Crippen molar-refractivity contribution >= 4 is 33.1 Å². The molecule has 7 nitrogen and oxygen atoms in total. The molecule has 0 saturated heterocycles. The number of methoxy groups -OCH3 is 2. The highest BCUT2D eigenvalue weighted by Crippen LogP contribution is 2.38. The van der Waals surface area contributed by atoms with Crippen molar-refractivity contribution in [2.45, 2.75) is 20.0 Å². The number of nitrogens with zero attached hydrogens (tertiary/aromatic N) is 4. The van der Waals surface area contributed by atoms with Crippen molar-refractivity contribution in [1.29, 1.82) is 0 Å². The molecule has 1 aromatic carbocycles. The molecule has 0 saturated carbocycles. The molecule has 0 unspecified atom stereocenters. The van der Waals surface area contributed by atoms with Gasteiger partial charge < -0.3 is 14.8 Å². The summed E-state index contributed by atoms with van der Waals surface area (Å²) in [5.41, 5.74) is 1.76. The monoisotopic (exact) mass is 445 g/mol. The van der Waals surface area contributed by atoms with E-state index >= 15 is 0 Å². The third kappa shape index (κ3) is 3.38. The summed E-state index contributed by atoms with van der Waals surface area (Å²) >= 11 is 3.37. The lowest BCUT2D eigenvalue weighted by Gasteiger charge is -2.15. The average Bonchev–Trinajstić information content (AvgIpc) is 3.04. The highest BCUT2D eigenvalue weighted by Gasteiger charge is 2.38. The molecule has 0 aliphatic rings. The third-order valence-electron chi connectivity index (χ3n) is 4.06. The van der Waals surface area contributed by atoms with Gasteiger partial charge in [0, 0.05) is 28.9 Å². The fourth-order valence-electron chi connectivity index (χ4n) is 2.50. The lowest BCUT2D eigenvalue weighted by molar-refractivity contribution is -0.146. The SMILES string of the molecule is COc1cc(Nc2nn3c(C(F)(F)F)nnc3c(C)c2C)cc(OC)c1Br. The maximum atomic E-state index is 13.2. The van der Waals surface area contributed by atoms with Crippen molar-refractivity contribution in [1.82, 2.24) is 19.8 Å². The molecule has 0 atom stereocenters. The summed E-state index contributed by atoms with van der Waals surface area (Å²) in [6.07, 6.45) is -4.67. The number of hydrogen-bond donors (Lipinski definition) is 1. The van der Waals surface area contributed by atoms with Crippen LogP contribution in [0.4, 0.5) is 24.7 Å². The van der Waals surface area contributed by atoms with Crippen LogP contribution in [0.15, 0.2) is 16.6 Å². The van der Waals surface area contributed by atoms with E-state index in [-0.39, 0.29) is 11.5 Å². The smallest absolute Gasteiger partial charge is 0.453 e. The first-order chi connectivity index (χ1) is 12.7. The van der Waals surface area contributed by atoms with Gasteiger partial charge in [-0.3, -0.25) is 0 Å². The molecular weight excluding hydrogens is 431 g/mol. The van der Waals surface area contributed by atoms with Crippen LogP contribution in [0.1, 0.15) is 17.0 Å². The molecular formula is C16H15BrF3N5O2. The lowest BCUT2D eigenvalue weighted by atomic mass is 10.2. The minimum atomic E-state index is -4.67. The number of alkyl halides is 3. The van der Waals surface area contributed by atoms with Crippen LogP contribution in [0, 0.1) is 13.8 Å². The maximum Gasteiger partial charge on any atom is 0.453 e. The van der Waals surface area contributed by atoms with Crippen LogP contribution in [0.2, 0.25) is 0 Å². The van der Waals surface area contributed by atoms with E-state index in [0.29, 0.717) is 37.3 Å². The Morgan fingerprint density at radius 3 is 2.15 bits per heavy atom. The number of ether oxygens (including phenoxy) is 2. The van der Waals surface area contributed by atoms with Crippen molar-refractivity contribution in [2.24, 2.45) is 0 Å². The minimum absolute atomic E-state index is 0.0522. The van der Waals surface area contributed by atoms with Crippen LogP contribution in [0.3, 0.4) is 0 Å².